The van der Waals surface area contributed by atoms with E-state index in [1.807, 2.05) is 42.5 Å². The second kappa shape index (κ2) is 11.1. The summed E-state index contributed by atoms with van der Waals surface area (Å²) in [6.45, 7) is 0. The van der Waals surface area contributed by atoms with Gasteiger partial charge in [0, 0.05) is 10.6 Å². The number of hydrogen-bond donors (Lipinski definition) is 1. The number of anilines is 1. The van der Waals surface area contributed by atoms with Crippen molar-refractivity contribution in [3.05, 3.63) is 113 Å². The van der Waals surface area contributed by atoms with Crippen LogP contribution in [0.5, 0.6) is 17.2 Å². The molecule has 0 radical (unpaired) electrons. The number of benzene rings is 4. The summed E-state index contributed by atoms with van der Waals surface area (Å²) in [5.41, 5.74) is 4.59. The Morgan fingerprint density at radius 2 is 1.59 bits per heavy atom. The highest BCUT2D eigenvalue weighted by Crippen LogP contribution is 2.34. The zero-order chi connectivity index (χ0) is 23.8. The van der Waals surface area contributed by atoms with Crippen molar-refractivity contribution in [2.24, 2.45) is 15.3 Å². The van der Waals surface area contributed by atoms with Gasteiger partial charge in [-0.3, -0.25) is 5.43 Å². The van der Waals surface area contributed by atoms with Crippen molar-refractivity contribution in [3.63, 3.8) is 0 Å². The maximum Gasteiger partial charge on any atom is 0.201 e. The third-order valence-corrected chi connectivity index (χ3v) is 4.86. The predicted molar refractivity (Wildman–Crippen MR) is 132 cm³/mol. The zero-order valence-electron chi connectivity index (χ0n) is 18.2. The third kappa shape index (κ3) is 6.17. The van der Waals surface area contributed by atoms with Crippen LogP contribution in [-0.4, -0.2) is 12.9 Å². The molecule has 0 aromatic heterocycles. The standard InChI is InChI=1S/C26H20ClFN4O2/c1-33-22-14-7-18(8-15-22)26(31-29-21-12-10-20(28)11-13-21)32-30-24-17-19(27)9-16-25(24)34-23-5-3-2-4-6-23/h2-17,29H,1H3/b31-26+,32-30?. The van der Waals surface area contributed by atoms with Gasteiger partial charge in [0.1, 0.15) is 23.0 Å². The van der Waals surface area contributed by atoms with Gasteiger partial charge >= 0.3 is 0 Å². The molecular weight excluding hydrogens is 455 g/mol. The summed E-state index contributed by atoms with van der Waals surface area (Å²) in [5, 5.41) is 13.6. The first kappa shape index (κ1) is 22.9. The smallest absolute Gasteiger partial charge is 0.201 e. The van der Waals surface area contributed by atoms with E-state index >= 15 is 0 Å². The van der Waals surface area contributed by atoms with Crippen LogP contribution in [0, 0.1) is 5.82 Å². The molecule has 0 atom stereocenters. The van der Waals surface area contributed by atoms with Crippen molar-refractivity contribution in [3.8, 4) is 17.2 Å². The Bertz CT molecular complexity index is 1290. The van der Waals surface area contributed by atoms with Crippen LogP contribution < -0.4 is 14.9 Å². The number of azo groups is 1. The molecule has 1 N–H and O–H groups in total. The Kier molecular flexibility index (Phi) is 7.47. The highest BCUT2D eigenvalue weighted by molar-refractivity contribution is 6.30. The minimum atomic E-state index is -0.337. The average Bonchev–Trinajstić information content (AvgIpc) is 2.87. The van der Waals surface area contributed by atoms with E-state index in [2.05, 4.69) is 20.8 Å². The van der Waals surface area contributed by atoms with Gasteiger partial charge in [-0.25, -0.2) is 4.39 Å². The molecule has 0 aliphatic heterocycles. The molecule has 170 valence electrons. The number of amidine groups is 1. The normalized spacial score (nSPS) is 11.4. The van der Waals surface area contributed by atoms with Crippen molar-refractivity contribution in [1.29, 1.82) is 0 Å². The van der Waals surface area contributed by atoms with Crippen LogP contribution >= 0.6 is 11.6 Å². The number of halogens is 2. The largest absolute Gasteiger partial charge is 0.497 e. The molecule has 0 fully saturated rings. The van der Waals surface area contributed by atoms with Gasteiger partial charge in [-0.05, 0) is 78.9 Å². The summed E-state index contributed by atoms with van der Waals surface area (Å²) < 4.78 is 24.4. The van der Waals surface area contributed by atoms with E-state index < -0.39 is 0 Å². The first-order valence-corrected chi connectivity index (χ1v) is 10.7. The number of hydrazone groups is 1. The molecule has 4 rings (SSSR count). The molecule has 4 aromatic rings. The van der Waals surface area contributed by atoms with Crippen LogP contribution in [0.2, 0.25) is 5.02 Å². The molecule has 0 aliphatic rings. The monoisotopic (exact) mass is 474 g/mol. The number of rotatable bonds is 7. The van der Waals surface area contributed by atoms with Crippen LogP contribution in [0.15, 0.2) is 112 Å². The molecule has 0 saturated carbocycles. The van der Waals surface area contributed by atoms with Crippen LogP contribution in [0.4, 0.5) is 15.8 Å². The molecular formula is C26H20ClFN4O2. The summed E-state index contributed by atoms with van der Waals surface area (Å²) in [4.78, 5) is 0. The summed E-state index contributed by atoms with van der Waals surface area (Å²) in [6, 6.07) is 27.5. The predicted octanol–water partition coefficient (Wildman–Crippen LogP) is 7.84. The lowest BCUT2D eigenvalue weighted by molar-refractivity contribution is 0.415. The zero-order valence-corrected chi connectivity index (χ0v) is 18.9. The van der Waals surface area contributed by atoms with E-state index in [0.29, 0.717) is 39.2 Å². The van der Waals surface area contributed by atoms with Gasteiger partial charge < -0.3 is 9.47 Å². The molecule has 0 aliphatic carbocycles. The summed E-state index contributed by atoms with van der Waals surface area (Å²) in [6.07, 6.45) is 0. The van der Waals surface area contributed by atoms with E-state index in [9.17, 15) is 4.39 Å². The SMILES string of the molecule is COc1ccc(/C(N=Nc2cc(Cl)ccc2Oc2ccccc2)=N\Nc2ccc(F)cc2)cc1. The minimum absolute atomic E-state index is 0.289. The average molecular weight is 475 g/mol. The molecule has 0 unspecified atom stereocenters. The fourth-order valence-corrected chi connectivity index (χ4v) is 3.06. The highest BCUT2D eigenvalue weighted by Gasteiger charge is 2.09. The molecule has 6 nitrogen and oxygen atoms in total. The van der Waals surface area contributed by atoms with Gasteiger partial charge in [0.25, 0.3) is 0 Å². The summed E-state index contributed by atoms with van der Waals surface area (Å²) >= 11 is 6.20. The van der Waals surface area contributed by atoms with Crippen molar-refractivity contribution < 1.29 is 13.9 Å². The Balaban J connectivity index is 1.66. The van der Waals surface area contributed by atoms with Crippen molar-refractivity contribution in [2.75, 3.05) is 12.5 Å². The van der Waals surface area contributed by atoms with Gasteiger partial charge in [-0.2, -0.15) is 5.10 Å². The second-order valence-corrected chi connectivity index (χ2v) is 7.45. The van der Waals surface area contributed by atoms with E-state index in [1.165, 1.54) is 12.1 Å². The fourth-order valence-electron chi connectivity index (χ4n) is 2.90. The summed E-state index contributed by atoms with van der Waals surface area (Å²) in [5.74, 6) is 1.79. The molecule has 0 saturated heterocycles. The molecule has 0 amide bonds. The van der Waals surface area contributed by atoms with E-state index in [4.69, 9.17) is 21.1 Å². The van der Waals surface area contributed by atoms with Crippen LogP contribution in [0.1, 0.15) is 5.56 Å². The lowest BCUT2D eigenvalue weighted by atomic mass is 10.2. The van der Waals surface area contributed by atoms with Crippen molar-refractivity contribution >= 4 is 28.8 Å². The number of nitrogens with one attached hydrogen (secondary N) is 1. The number of para-hydroxylation sites is 1. The van der Waals surface area contributed by atoms with Gasteiger partial charge in [0.05, 0.1) is 12.8 Å². The van der Waals surface area contributed by atoms with Crippen LogP contribution in [0.25, 0.3) is 0 Å². The van der Waals surface area contributed by atoms with Gasteiger partial charge in [0.2, 0.25) is 5.84 Å². The molecule has 8 heteroatoms. The van der Waals surface area contributed by atoms with Gasteiger partial charge in [-0.15, -0.1) is 10.2 Å². The fraction of sp³-hybridized carbons (Fsp3) is 0.0385. The van der Waals surface area contributed by atoms with E-state index in [0.717, 1.165) is 0 Å². The number of methoxy groups -OCH3 is 1. The second-order valence-electron chi connectivity index (χ2n) is 7.01. The maximum absolute atomic E-state index is 13.2. The number of nitrogens with zero attached hydrogens (tertiary/aromatic N) is 3. The lowest BCUT2D eigenvalue weighted by Crippen LogP contribution is -2.01. The van der Waals surface area contributed by atoms with E-state index in [-0.39, 0.29) is 11.7 Å². The third-order valence-electron chi connectivity index (χ3n) is 4.63. The molecule has 0 spiro atoms. The van der Waals surface area contributed by atoms with E-state index in [1.54, 1.807) is 49.6 Å². The molecule has 4 aromatic carbocycles. The minimum Gasteiger partial charge on any atom is -0.497 e. The maximum atomic E-state index is 13.2. The topological polar surface area (TPSA) is 67.6 Å². The number of hydrogen-bond acceptors (Lipinski definition) is 5. The van der Waals surface area contributed by atoms with Crippen LogP contribution in [-0.2, 0) is 0 Å². The van der Waals surface area contributed by atoms with Crippen LogP contribution in [0.3, 0.4) is 0 Å². The summed E-state index contributed by atoms with van der Waals surface area (Å²) in [7, 11) is 1.59. The van der Waals surface area contributed by atoms with Crippen molar-refractivity contribution in [1.82, 2.24) is 0 Å². The number of ether oxygens (including phenoxy) is 2. The van der Waals surface area contributed by atoms with Gasteiger partial charge in [0.15, 0.2) is 5.75 Å². The first-order chi connectivity index (χ1) is 16.6. The quantitative estimate of drug-likeness (QED) is 0.128. The van der Waals surface area contributed by atoms with Crippen molar-refractivity contribution in [2.45, 2.75) is 0 Å². The lowest BCUT2D eigenvalue weighted by Gasteiger charge is -2.09. The molecule has 0 bridgehead atoms. The molecule has 34 heavy (non-hydrogen) atoms. The Labute approximate surface area is 201 Å². The Morgan fingerprint density at radius 3 is 2.29 bits per heavy atom. The van der Waals surface area contributed by atoms with Gasteiger partial charge in [-0.1, -0.05) is 29.8 Å². The Morgan fingerprint density at radius 1 is 0.853 bits per heavy atom. The highest BCUT2D eigenvalue weighted by atomic mass is 35.5. The Hall–Kier alpha value is -4.23. The first-order valence-electron chi connectivity index (χ1n) is 10.3. The molecule has 0 heterocycles.